The normalized spacial score (nSPS) is 10.5. The van der Waals surface area contributed by atoms with Gasteiger partial charge in [0.2, 0.25) is 0 Å². The Morgan fingerprint density at radius 3 is 2.67 bits per heavy atom. The van der Waals surface area contributed by atoms with Gasteiger partial charge in [0.05, 0.1) is 0 Å². The first-order valence-electron chi connectivity index (χ1n) is 7.37. The second kappa shape index (κ2) is 6.54. The number of anilines is 1. The van der Waals surface area contributed by atoms with Crippen molar-refractivity contribution in [2.45, 2.75) is 13.8 Å². The minimum absolute atomic E-state index is 0.279. The molecule has 0 unspecified atom stereocenters. The van der Waals surface area contributed by atoms with Crippen LogP contribution in [0.25, 0.3) is 11.1 Å². The Hall–Kier alpha value is -3.15. The Bertz CT molecular complexity index is 911. The third-order valence-electron chi connectivity index (χ3n) is 3.56. The van der Waals surface area contributed by atoms with Crippen LogP contribution < -0.4 is 5.32 Å². The van der Waals surface area contributed by atoms with E-state index in [1.807, 2.05) is 6.92 Å². The summed E-state index contributed by atoms with van der Waals surface area (Å²) in [5.41, 5.74) is 2.25. The van der Waals surface area contributed by atoms with Crippen LogP contribution in [0.4, 0.5) is 10.2 Å². The molecule has 0 radical (unpaired) electrons. The van der Waals surface area contributed by atoms with Crippen LogP contribution in [0.1, 0.15) is 21.7 Å². The Labute approximate surface area is 138 Å². The smallest absolute Gasteiger partial charge is 0.278 e. The van der Waals surface area contributed by atoms with Crippen molar-refractivity contribution < 1.29 is 9.18 Å². The maximum Gasteiger partial charge on any atom is 0.278 e. The van der Waals surface area contributed by atoms with Gasteiger partial charge in [-0.15, -0.1) is 0 Å². The van der Waals surface area contributed by atoms with Crippen molar-refractivity contribution in [3.05, 3.63) is 71.7 Å². The summed E-state index contributed by atoms with van der Waals surface area (Å²) in [6.07, 6.45) is 4.61. The number of nitrogens with one attached hydrogen (secondary N) is 1. The molecule has 0 fully saturated rings. The van der Waals surface area contributed by atoms with E-state index in [0.29, 0.717) is 11.4 Å². The maximum atomic E-state index is 14.8. The molecule has 3 aromatic heterocycles. The summed E-state index contributed by atoms with van der Waals surface area (Å²) in [4.78, 5) is 24.4. The molecule has 120 valence electrons. The van der Waals surface area contributed by atoms with Gasteiger partial charge in [0, 0.05) is 35.4 Å². The molecule has 3 rings (SSSR count). The van der Waals surface area contributed by atoms with Crippen molar-refractivity contribution in [3.63, 3.8) is 0 Å². The molecule has 1 N–H and O–H groups in total. The lowest BCUT2D eigenvalue weighted by Crippen LogP contribution is -2.17. The van der Waals surface area contributed by atoms with Crippen molar-refractivity contribution in [1.82, 2.24) is 15.0 Å². The highest BCUT2D eigenvalue weighted by Crippen LogP contribution is 2.26. The van der Waals surface area contributed by atoms with Gasteiger partial charge in [0.25, 0.3) is 5.91 Å². The summed E-state index contributed by atoms with van der Waals surface area (Å²) in [5.74, 6) is -0.975. The highest BCUT2D eigenvalue weighted by molar-refractivity contribution is 6.03. The van der Waals surface area contributed by atoms with Crippen LogP contribution in [-0.4, -0.2) is 20.9 Å². The van der Waals surface area contributed by atoms with Gasteiger partial charge in [-0.1, -0.05) is 6.07 Å². The van der Waals surface area contributed by atoms with Gasteiger partial charge in [-0.25, -0.2) is 14.4 Å². The van der Waals surface area contributed by atoms with Gasteiger partial charge >= 0.3 is 0 Å². The van der Waals surface area contributed by atoms with Crippen LogP contribution >= 0.6 is 0 Å². The SMILES string of the molecule is Cc1cccc(NC(=O)c2nccc(-c3cnccc3C)c2F)n1. The number of rotatable bonds is 3. The van der Waals surface area contributed by atoms with Crippen LogP contribution in [0.3, 0.4) is 0 Å². The number of amides is 1. The van der Waals surface area contributed by atoms with Crippen molar-refractivity contribution in [3.8, 4) is 11.1 Å². The van der Waals surface area contributed by atoms with Gasteiger partial charge < -0.3 is 5.32 Å². The molecule has 1 amide bonds. The molecule has 0 atom stereocenters. The molecule has 0 aliphatic heterocycles. The van der Waals surface area contributed by atoms with Crippen molar-refractivity contribution in [2.24, 2.45) is 0 Å². The average molecular weight is 322 g/mol. The van der Waals surface area contributed by atoms with Gasteiger partial charge in [0.15, 0.2) is 11.5 Å². The standard InChI is InChI=1S/C18H15FN4O/c1-11-6-8-20-10-14(11)13-7-9-21-17(16(13)19)18(24)23-15-5-3-4-12(2)22-15/h3-10H,1-2H3,(H,22,23,24). The summed E-state index contributed by atoms with van der Waals surface area (Å²) in [6.45, 7) is 3.66. The van der Waals surface area contributed by atoms with Crippen LogP contribution in [0.15, 0.2) is 48.9 Å². The maximum absolute atomic E-state index is 14.8. The first-order chi connectivity index (χ1) is 11.6. The number of pyridine rings is 3. The quantitative estimate of drug-likeness (QED) is 0.801. The molecule has 0 aliphatic carbocycles. The molecule has 3 heterocycles. The Morgan fingerprint density at radius 1 is 1.08 bits per heavy atom. The fourth-order valence-electron chi connectivity index (χ4n) is 2.34. The second-order valence-corrected chi connectivity index (χ2v) is 5.33. The van der Waals surface area contributed by atoms with Gasteiger partial charge in [-0.3, -0.25) is 9.78 Å². The average Bonchev–Trinajstić information content (AvgIpc) is 2.56. The van der Waals surface area contributed by atoms with E-state index >= 15 is 0 Å². The van der Waals surface area contributed by atoms with Crippen molar-refractivity contribution in [1.29, 1.82) is 0 Å². The van der Waals surface area contributed by atoms with E-state index in [4.69, 9.17) is 0 Å². The second-order valence-electron chi connectivity index (χ2n) is 5.33. The lowest BCUT2D eigenvalue weighted by atomic mass is 10.0. The summed E-state index contributed by atoms with van der Waals surface area (Å²) < 4.78 is 14.8. The van der Waals surface area contributed by atoms with E-state index in [1.54, 1.807) is 43.6 Å². The zero-order valence-corrected chi connectivity index (χ0v) is 13.2. The molecular weight excluding hydrogens is 307 g/mol. The summed E-state index contributed by atoms with van der Waals surface area (Å²) in [5, 5.41) is 2.56. The summed E-state index contributed by atoms with van der Waals surface area (Å²) in [6, 6.07) is 8.52. The minimum atomic E-state index is -0.682. The van der Waals surface area contributed by atoms with E-state index in [1.165, 1.54) is 12.3 Å². The van der Waals surface area contributed by atoms with E-state index < -0.39 is 11.7 Å². The predicted molar refractivity (Wildman–Crippen MR) is 89.1 cm³/mol. The molecular formula is C18H15FN4O. The largest absolute Gasteiger partial charge is 0.305 e. The molecule has 0 saturated carbocycles. The van der Waals surface area contributed by atoms with Gasteiger partial charge in [0.1, 0.15) is 5.82 Å². The van der Waals surface area contributed by atoms with Crippen molar-refractivity contribution >= 4 is 11.7 Å². The Balaban J connectivity index is 1.96. The third-order valence-corrected chi connectivity index (χ3v) is 3.56. The number of aromatic nitrogens is 3. The number of aryl methyl sites for hydroxylation is 2. The highest BCUT2D eigenvalue weighted by Gasteiger charge is 2.19. The Kier molecular flexibility index (Phi) is 4.29. The van der Waals surface area contributed by atoms with Crippen molar-refractivity contribution in [2.75, 3.05) is 5.32 Å². The summed E-state index contributed by atoms with van der Waals surface area (Å²) >= 11 is 0. The van der Waals surface area contributed by atoms with Crippen LogP contribution in [-0.2, 0) is 0 Å². The minimum Gasteiger partial charge on any atom is -0.305 e. The Morgan fingerprint density at radius 2 is 1.92 bits per heavy atom. The first kappa shape index (κ1) is 15.7. The number of carbonyl (C=O) groups is 1. The monoisotopic (exact) mass is 322 g/mol. The topological polar surface area (TPSA) is 67.8 Å². The number of nitrogens with zero attached hydrogens (tertiary/aromatic N) is 3. The molecule has 3 aromatic rings. The van der Waals surface area contributed by atoms with E-state index in [0.717, 1.165) is 11.3 Å². The highest BCUT2D eigenvalue weighted by atomic mass is 19.1. The van der Waals surface area contributed by atoms with Crippen LogP contribution in [0.5, 0.6) is 0 Å². The predicted octanol–water partition coefficient (Wildman–Crippen LogP) is 3.55. The number of hydrogen-bond donors (Lipinski definition) is 1. The number of carbonyl (C=O) groups excluding carboxylic acids is 1. The lowest BCUT2D eigenvalue weighted by molar-refractivity contribution is 0.101. The zero-order chi connectivity index (χ0) is 17.1. The number of halogens is 1. The molecule has 0 spiro atoms. The van der Waals surface area contributed by atoms with Gasteiger partial charge in [-0.05, 0) is 43.7 Å². The molecule has 6 heteroatoms. The third kappa shape index (κ3) is 3.12. The van der Waals surface area contributed by atoms with Crippen LogP contribution in [0, 0.1) is 19.7 Å². The fraction of sp³-hybridized carbons (Fsp3) is 0.111. The lowest BCUT2D eigenvalue weighted by Gasteiger charge is -2.10. The number of hydrogen-bond acceptors (Lipinski definition) is 4. The first-order valence-corrected chi connectivity index (χ1v) is 7.37. The molecule has 5 nitrogen and oxygen atoms in total. The molecule has 0 aliphatic rings. The fourth-order valence-corrected chi connectivity index (χ4v) is 2.34. The zero-order valence-electron chi connectivity index (χ0n) is 13.2. The van der Waals surface area contributed by atoms with E-state index in [-0.39, 0.29) is 11.3 Å². The summed E-state index contributed by atoms with van der Waals surface area (Å²) in [7, 11) is 0. The molecule has 0 aromatic carbocycles. The molecule has 24 heavy (non-hydrogen) atoms. The van der Waals surface area contributed by atoms with Crippen LogP contribution in [0.2, 0.25) is 0 Å². The van der Waals surface area contributed by atoms with E-state index in [9.17, 15) is 9.18 Å². The molecule has 0 saturated heterocycles. The van der Waals surface area contributed by atoms with E-state index in [2.05, 4.69) is 20.3 Å². The van der Waals surface area contributed by atoms with Gasteiger partial charge in [-0.2, -0.15) is 0 Å². The molecule has 0 bridgehead atoms.